The molecule has 0 bridgehead atoms. The molecular weight excluding hydrogens is 118 g/mol. The summed E-state index contributed by atoms with van der Waals surface area (Å²) < 4.78 is 3.07. The van der Waals surface area contributed by atoms with Gasteiger partial charge in [0.1, 0.15) is 0 Å². The Bertz CT molecular complexity index is 23.6. The molecule has 1 N–H and O–H groups in total. The van der Waals surface area contributed by atoms with E-state index in [1.165, 1.54) is 0 Å². The van der Waals surface area contributed by atoms with Crippen LogP contribution >= 0.6 is 11.1 Å². The highest BCUT2D eigenvalue weighted by Gasteiger charge is 1.84. The van der Waals surface area contributed by atoms with E-state index in [2.05, 4.69) is 11.2 Å². The Morgan fingerprint density at radius 2 is 2.20 bits per heavy atom. The molecule has 0 heterocycles. The minimum atomic E-state index is -0.866. The van der Waals surface area contributed by atoms with Crippen molar-refractivity contribution in [1.29, 1.82) is 0 Å². The lowest BCUT2D eigenvalue weighted by Gasteiger charge is -1.89. The summed E-state index contributed by atoms with van der Waals surface area (Å²) in [7, 11) is 0.187. The smallest absolute Gasteiger partial charge is 0.201 e. The molecule has 0 aromatic rings. The van der Waals surface area contributed by atoms with Crippen LogP contribution in [0, 0.1) is 0 Å². The highest BCUT2D eigenvalue weighted by atomic mass is 35.6. The Hall–Kier alpha value is 0.684. The van der Waals surface area contributed by atoms with Gasteiger partial charge in [0.2, 0.25) is 8.27 Å². The largest absolute Gasteiger partial charge is 0.357 e. The van der Waals surface area contributed by atoms with Crippen molar-refractivity contribution in [3.05, 3.63) is 0 Å². The van der Waals surface area contributed by atoms with Gasteiger partial charge in [0.15, 0.2) is 0 Å². The van der Waals surface area contributed by atoms with Crippen molar-refractivity contribution in [3.8, 4) is 0 Å². The maximum absolute atomic E-state index is 5.52. The van der Waals surface area contributed by atoms with Gasteiger partial charge >= 0.3 is 0 Å². The van der Waals surface area contributed by atoms with Crippen LogP contribution < -0.4 is 4.65 Å². The molecule has 1 unspecified atom stereocenters. The average Bonchev–Trinajstić information content (AvgIpc) is 1.38. The number of halogens is 1. The molecule has 4 heteroatoms. The molecule has 0 rings (SSSR count). The fraction of sp³-hybridized carbons (Fsp3) is 1.00. The minimum Gasteiger partial charge on any atom is -0.357 e. The number of rotatable bonds is 1. The fourth-order valence-electron chi connectivity index (χ4n) is 0. The first-order valence-electron chi connectivity index (χ1n) is 1.58. The van der Waals surface area contributed by atoms with Crippen molar-refractivity contribution in [2.24, 2.45) is 0 Å². The standard InChI is InChI=1S/CH8ClNSi2/c1-5(2)3-4/h3,5H,1,4H3. The first-order valence-corrected chi connectivity index (χ1v) is 6.06. The van der Waals surface area contributed by atoms with Gasteiger partial charge in [0, 0.05) is 0 Å². The van der Waals surface area contributed by atoms with E-state index in [-0.39, 0.29) is 0 Å². The van der Waals surface area contributed by atoms with Crippen LogP contribution in [0.1, 0.15) is 0 Å². The van der Waals surface area contributed by atoms with Crippen LogP contribution in [-0.4, -0.2) is 18.7 Å². The molecular formula is CH8ClNSi2. The molecule has 0 spiro atoms. The second-order valence-corrected chi connectivity index (χ2v) is 6.41. The Balaban J connectivity index is 2.54. The second kappa shape index (κ2) is 2.90. The van der Waals surface area contributed by atoms with Crippen LogP contribution in [0.25, 0.3) is 0 Å². The molecule has 0 fully saturated rings. The third kappa shape index (κ3) is 4.68. The van der Waals surface area contributed by atoms with E-state index in [4.69, 9.17) is 11.1 Å². The van der Waals surface area contributed by atoms with Gasteiger partial charge in [-0.2, -0.15) is 11.1 Å². The van der Waals surface area contributed by atoms with Crippen LogP contribution in [0.2, 0.25) is 6.55 Å². The van der Waals surface area contributed by atoms with E-state index in [0.29, 0.717) is 0 Å². The zero-order valence-corrected chi connectivity index (χ0v) is 7.37. The summed E-state index contributed by atoms with van der Waals surface area (Å²) in [6.07, 6.45) is 0. The predicted octanol–water partition coefficient (Wildman–Crippen LogP) is -1.05. The number of nitrogens with one attached hydrogen (secondary N) is 1. The first kappa shape index (κ1) is 5.68. The third-order valence-electron chi connectivity index (χ3n) is 0.398. The Morgan fingerprint density at radius 3 is 2.20 bits per heavy atom. The van der Waals surface area contributed by atoms with Gasteiger partial charge in [-0.3, -0.25) is 0 Å². The van der Waals surface area contributed by atoms with Gasteiger partial charge in [0.25, 0.3) is 0 Å². The number of hydrogen-bond donors (Lipinski definition) is 1. The molecule has 0 aromatic heterocycles. The molecule has 0 radical (unpaired) electrons. The van der Waals surface area contributed by atoms with Gasteiger partial charge in [0.05, 0.1) is 10.4 Å². The molecule has 0 saturated carbocycles. The van der Waals surface area contributed by atoms with Gasteiger partial charge in [-0.05, 0) is 6.55 Å². The Kier molecular flexibility index (Phi) is 3.29. The van der Waals surface area contributed by atoms with E-state index >= 15 is 0 Å². The van der Waals surface area contributed by atoms with Gasteiger partial charge < -0.3 is 4.65 Å². The van der Waals surface area contributed by atoms with E-state index in [1.807, 2.05) is 0 Å². The summed E-state index contributed by atoms with van der Waals surface area (Å²) in [6.45, 7) is 2.05. The average molecular weight is 126 g/mol. The molecule has 1 nitrogen and oxygen atoms in total. The maximum atomic E-state index is 5.52. The molecule has 0 aliphatic rings. The van der Waals surface area contributed by atoms with Crippen molar-refractivity contribution in [3.63, 3.8) is 0 Å². The highest BCUT2D eigenvalue weighted by Crippen LogP contribution is 1.74. The zero-order valence-electron chi connectivity index (χ0n) is 3.46. The van der Waals surface area contributed by atoms with Crippen molar-refractivity contribution in [1.82, 2.24) is 4.65 Å². The maximum Gasteiger partial charge on any atom is 0.201 e. The molecule has 0 saturated heterocycles. The second-order valence-electron chi connectivity index (χ2n) is 0.905. The van der Waals surface area contributed by atoms with E-state index in [1.54, 1.807) is 0 Å². The molecule has 0 amide bonds. The van der Waals surface area contributed by atoms with Crippen molar-refractivity contribution in [2.75, 3.05) is 0 Å². The summed E-state index contributed by atoms with van der Waals surface area (Å²) in [6, 6.07) is 0. The normalized spacial score (nSPS) is 15.6. The topological polar surface area (TPSA) is 12.0 Å². The fourth-order valence-corrected chi connectivity index (χ4v) is 0. The summed E-state index contributed by atoms with van der Waals surface area (Å²) in [4.78, 5) is 0. The van der Waals surface area contributed by atoms with Crippen LogP contribution in [0.5, 0.6) is 0 Å². The van der Waals surface area contributed by atoms with Crippen molar-refractivity contribution < 1.29 is 0 Å². The van der Waals surface area contributed by atoms with Crippen LogP contribution in [0.4, 0.5) is 0 Å². The van der Waals surface area contributed by atoms with Gasteiger partial charge in [-0.25, -0.2) is 0 Å². The summed E-state index contributed by atoms with van der Waals surface area (Å²) >= 11 is 5.52. The molecule has 32 valence electrons. The first-order chi connectivity index (χ1) is 2.27. The monoisotopic (exact) mass is 125 g/mol. The van der Waals surface area contributed by atoms with Crippen LogP contribution in [0.15, 0.2) is 0 Å². The summed E-state index contributed by atoms with van der Waals surface area (Å²) in [5.41, 5.74) is 0. The lowest BCUT2D eigenvalue weighted by Crippen LogP contribution is -2.20. The van der Waals surface area contributed by atoms with Gasteiger partial charge in [-0.15, -0.1) is 0 Å². The Labute approximate surface area is 41.6 Å². The van der Waals surface area contributed by atoms with Crippen molar-refractivity contribution in [2.45, 2.75) is 6.55 Å². The molecule has 1 atom stereocenters. The molecule has 0 aliphatic heterocycles. The van der Waals surface area contributed by atoms with E-state index in [9.17, 15) is 0 Å². The van der Waals surface area contributed by atoms with Crippen LogP contribution in [0.3, 0.4) is 0 Å². The van der Waals surface area contributed by atoms with Crippen LogP contribution in [-0.2, 0) is 0 Å². The quantitative estimate of drug-likeness (QED) is 0.348. The Morgan fingerprint density at radius 1 is 2.00 bits per heavy atom. The molecule has 5 heavy (non-hydrogen) atoms. The van der Waals surface area contributed by atoms with Crippen molar-refractivity contribution >= 4 is 29.8 Å². The molecule has 0 aromatic carbocycles. The predicted molar refractivity (Wildman–Crippen MR) is 31.9 cm³/mol. The molecule has 0 aliphatic carbocycles. The lowest BCUT2D eigenvalue weighted by molar-refractivity contribution is 1.60. The zero-order chi connectivity index (χ0) is 4.28. The van der Waals surface area contributed by atoms with E-state index < -0.39 is 8.27 Å². The van der Waals surface area contributed by atoms with Gasteiger partial charge in [-0.1, -0.05) is 0 Å². The summed E-state index contributed by atoms with van der Waals surface area (Å²) in [5.74, 6) is 0. The highest BCUT2D eigenvalue weighted by molar-refractivity contribution is 7.06. The number of hydrogen-bond acceptors (Lipinski definition) is 1. The SMILES string of the molecule is C[SiH](Cl)N[SiH3]. The van der Waals surface area contributed by atoms with E-state index in [0.717, 1.165) is 10.4 Å². The third-order valence-corrected chi connectivity index (χ3v) is 5.54. The lowest BCUT2D eigenvalue weighted by atomic mass is 11.9. The summed E-state index contributed by atoms with van der Waals surface area (Å²) in [5, 5.41) is 0. The minimum absolute atomic E-state index is 0.866.